The molecule has 2 amide bonds. The van der Waals surface area contributed by atoms with Crippen LogP contribution in [0.5, 0.6) is 0 Å². The summed E-state index contributed by atoms with van der Waals surface area (Å²) in [4.78, 5) is 24.5. The van der Waals surface area contributed by atoms with E-state index in [1.165, 1.54) is 24.3 Å². The predicted octanol–water partition coefficient (Wildman–Crippen LogP) is 0.133. The van der Waals surface area contributed by atoms with E-state index in [9.17, 15) is 36.6 Å². The fourth-order valence-corrected chi connectivity index (χ4v) is 4.27. The van der Waals surface area contributed by atoms with Crippen molar-refractivity contribution in [1.29, 1.82) is 0 Å². The van der Waals surface area contributed by atoms with Crippen LogP contribution in [0.15, 0.2) is 48.5 Å². The van der Waals surface area contributed by atoms with Crippen molar-refractivity contribution < 1.29 is 45.7 Å². The average Bonchev–Trinajstić information content (AvgIpc) is 2.74. The molecule has 192 valence electrons. The number of benzene rings is 2. The highest BCUT2D eigenvalue weighted by molar-refractivity contribution is 7.86. The third-order valence-electron chi connectivity index (χ3n) is 4.91. The lowest BCUT2D eigenvalue weighted by Gasteiger charge is -2.25. The lowest BCUT2D eigenvalue weighted by atomic mass is 10.0. The van der Waals surface area contributed by atoms with Crippen LogP contribution in [0.25, 0.3) is 0 Å². The maximum absolute atomic E-state index is 11.4. The topological polar surface area (TPSA) is 195 Å². The molecule has 0 saturated heterocycles. The second-order valence-corrected chi connectivity index (χ2v) is 10.8. The predicted molar refractivity (Wildman–Crippen MR) is 123 cm³/mol. The molecule has 2 N–H and O–H groups in total. The first-order chi connectivity index (χ1) is 16.2. The molecule has 0 aliphatic rings. The van der Waals surface area contributed by atoms with Gasteiger partial charge in [-0.1, -0.05) is 24.3 Å². The van der Waals surface area contributed by atoms with Crippen LogP contribution in [0.2, 0.25) is 0 Å². The number of rotatable bonds is 12. The lowest BCUT2D eigenvalue weighted by Crippen LogP contribution is -2.42. The number of carboxylic acid groups (broad SMARTS) is 2. The van der Waals surface area contributed by atoms with Crippen LogP contribution >= 0.6 is 0 Å². The Bertz CT molecular complexity index is 1130. The van der Waals surface area contributed by atoms with E-state index in [0.29, 0.717) is 6.42 Å². The number of nitrogens with zero attached hydrogens (tertiary/aromatic N) is 2. The number of amides is 2. The molecule has 12 nitrogen and oxygen atoms in total. The highest BCUT2D eigenvalue weighted by Gasteiger charge is 2.12. The van der Waals surface area contributed by atoms with Crippen LogP contribution < -0.4 is 20.0 Å². The molecular weight excluding hydrogens is 504 g/mol. The summed E-state index contributed by atoms with van der Waals surface area (Å²) in [6, 6.07) is 12.8. The molecule has 0 aromatic heterocycles. The smallest absolute Gasteiger partial charge is 0.264 e. The van der Waals surface area contributed by atoms with Gasteiger partial charge in [0.2, 0.25) is 0 Å². The molecule has 0 aliphatic heterocycles. The zero-order valence-electron chi connectivity index (χ0n) is 18.4. The van der Waals surface area contributed by atoms with Gasteiger partial charge in [0.25, 0.3) is 20.2 Å². The molecule has 0 spiro atoms. The minimum Gasteiger partial charge on any atom is -0.530 e. The monoisotopic (exact) mass is 528 g/mol. The molecular formula is C21H24N2O10S2-2. The molecule has 0 aliphatic carbocycles. The van der Waals surface area contributed by atoms with Gasteiger partial charge < -0.3 is 29.6 Å². The quantitative estimate of drug-likeness (QED) is 0.357. The van der Waals surface area contributed by atoms with Gasteiger partial charge in [0.1, 0.15) is 12.2 Å². The minimum atomic E-state index is -4.21. The fraction of sp³-hybridized carbons (Fsp3) is 0.333. The summed E-state index contributed by atoms with van der Waals surface area (Å²) < 4.78 is 60.8. The largest absolute Gasteiger partial charge is 0.530 e. The van der Waals surface area contributed by atoms with Crippen LogP contribution in [0.1, 0.15) is 24.0 Å². The van der Waals surface area contributed by atoms with E-state index in [-0.39, 0.29) is 37.3 Å². The van der Waals surface area contributed by atoms with Crippen LogP contribution in [0, 0.1) is 0 Å². The van der Waals surface area contributed by atoms with Crippen LogP contribution in [-0.4, -0.2) is 62.7 Å². The molecule has 0 heterocycles. The molecule has 0 bridgehead atoms. The molecule has 2 aromatic carbocycles. The van der Waals surface area contributed by atoms with E-state index >= 15 is 0 Å². The molecule has 0 unspecified atom stereocenters. The van der Waals surface area contributed by atoms with E-state index in [2.05, 4.69) is 0 Å². The van der Waals surface area contributed by atoms with Gasteiger partial charge in [-0.25, -0.2) is 0 Å². The van der Waals surface area contributed by atoms with Gasteiger partial charge >= 0.3 is 0 Å². The van der Waals surface area contributed by atoms with Crippen molar-refractivity contribution in [2.45, 2.75) is 19.3 Å². The normalized spacial score (nSPS) is 11.7. The maximum Gasteiger partial charge on any atom is 0.264 e. The Morgan fingerprint density at radius 1 is 0.657 bits per heavy atom. The van der Waals surface area contributed by atoms with Crippen molar-refractivity contribution in [3.05, 3.63) is 59.7 Å². The van der Waals surface area contributed by atoms with Crippen LogP contribution in [0.3, 0.4) is 0 Å². The second-order valence-electron chi connectivity index (χ2n) is 7.62. The Morgan fingerprint density at radius 3 is 1.23 bits per heavy atom. The molecule has 14 heteroatoms. The van der Waals surface area contributed by atoms with Crippen LogP contribution in [-0.2, 0) is 26.7 Å². The van der Waals surface area contributed by atoms with Crippen molar-refractivity contribution in [2.24, 2.45) is 0 Å². The maximum atomic E-state index is 11.4. The molecule has 2 aromatic rings. The first-order valence-corrected chi connectivity index (χ1v) is 13.5. The van der Waals surface area contributed by atoms with E-state index in [1.807, 2.05) is 0 Å². The third kappa shape index (κ3) is 9.90. The van der Waals surface area contributed by atoms with Crippen molar-refractivity contribution >= 4 is 43.8 Å². The molecule has 0 atom stereocenters. The van der Waals surface area contributed by atoms with E-state index in [0.717, 1.165) is 20.9 Å². The molecule has 2 rings (SSSR count). The summed E-state index contributed by atoms with van der Waals surface area (Å²) in [7, 11) is -8.41. The lowest BCUT2D eigenvalue weighted by molar-refractivity contribution is -0.247. The highest BCUT2D eigenvalue weighted by Crippen LogP contribution is 2.20. The summed E-state index contributed by atoms with van der Waals surface area (Å²) in [6.07, 6.45) is -2.82. The Balaban J connectivity index is 2.04. The van der Waals surface area contributed by atoms with Gasteiger partial charge in [-0.15, -0.1) is 0 Å². The van der Waals surface area contributed by atoms with Crippen molar-refractivity contribution in [3.63, 3.8) is 0 Å². The molecule has 0 radical (unpaired) electrons. The summed E-state index contributed by atoms with van der Waals surface area (Å²) in [5.41, 5.74) is 2.16. The van der Waals surface area contributed by atoms with E-state index in [4.69, 9.17) is 9.11 Å². The minimum absolute atomic E-state index is 0.112. The van der Waals surface area contributed by atoms with E-state index in [1.54, 1.807) is 24.3 Å². The van der Waals surface area contributed by atoms with Gasteiger partial charge in [0.05, 0.1) is 11.5 Å². The van der Waals surface area contributed by atoms with Crippen molar-refractivity contribution in [1.82, 2.24) is 0 Å². The number of hydrogen-bond donors (Lipinski definition) is 2. The summed E-state index contributed by atoms with van der Waals surface area (Å²) in [5.74, 6) is -1.17. The number of carbonyl (C=O) groups is 2. The van der Waals surface area contributed by atoms with E-state index < -0.39 is 43.9 Å². The zero-order valence-corrected chi connectivity index (χ0v) is 20.1. The summed E-state index contributed by atoms with van der Waals surface area (Å²) in [5, 5.41) is 22.8. The number of hydrogen-bond acceptors (Lipinski definition) is 8. The summed E-state index contributed by atoms with van der Waals surface area (Å²) in [6.45, 7) is -0.357. The molecule has 0 fully saturated rings. The first-order valence-electron chi connectivity index (χ1n) is 10.3. The third-order valence-corrected chi connectivity index (χ3v) is 6.52. The first kappa shape index (κ1) is 28.0. The number of carbonyl (C=O) groups excluding carboxylic acids is 2. The van der Waals surface area contributed by atoms with Gasteiger partial charge in [-0.2, -0.15) is 16.8 Å². The van der Waals surface area contributed by atoms with Gasteiger partial charge in [-0.3, -0.25) is 9.11 Å². The Labute approximate surface area is 202 Å². The molecule has 35 heavy (non-hydrogen) atoms. The molecule has 0 saturated carbocycles. The Hall–Kier alpha value is -3.20. The highest BCUT2D eigenvalue weighted by atomic mass is 32.2. The van der Waals surface area contributed by atoms with Gasteiger partial charge in [0.15, 0.2) is 0 Å². The Morgan fingerprint density at radius 2 is 0.971 bits per heavy atom. The van der Waals surface area contributed by atoms with Gasteiger partial charge in [-0.05, 0) is 54.7 Å². The summed E-state index contributed by atoms with van der Waals surface area (Å²) >= 11 is 0. The number of anilines is 2. The standard InChI is InChI=1S/C21H26N2O10S2/c24-20(25)22(11-1-13-34(28,29)30)18-7-3-16(4-8-18)15-17-5-9-19(10-6-17)23(21(26)27)12-2-14-35(31,32)33/h3-10H,1-2,11-15H2,(H,24,25)(H,26,27)(H,28,29,30)(H,31,32,33)/p-2. The SMILES string of the molecule is O=C([O-])N(CCCS(=O)(=O)O)c1ccc(Cc2ccc(N(CCCS(=O)(=O)O)C(=O)[O-])cc2)cc1. The second kappa shape index (κ2) is 12.0. The average molecular weight is 529 g/mol. The van der Waals surface area contributed by atoms with Crippen molar-refractivity contribution in [3.8, 4) is 0 Å². The zero-order chi connectivity index (χ0) is 26.2. The van der Waals surface area contributed by atoms with Crippen molar-refractivity contribution in [2.75, 3.05) is 34.4 Å². The Kier molecular flexibility index (Phi) is 9.59. The van der Waals surface area contributed by atoms with Gasteiger partial charge in [0, 0.05) is 24.5 Å². The van der Waals surface area contributed by atoms with Crippen LogP contribution in [0.4, 0.5) is 21.0 Å². The fourth-order valence-electron chi connectivity index (χ4n) is 3.28.